The average Bonchev–Trinajstić information content (AvgIpc) is 3.78. The number of urea groups is 1. The molecular formula is C56H83N9O11. The van der Waals surface area contributed by atoms with Gasteiger partial charge in [0.1, 0.15) is 18.2 Å². The second kappa shape index (κ2) is 33.2. The highest BCUT2D eigenvalue weighted by molar-refractivity contribution is 5.94. The van der Waals surface area contributed by atoms with Crippen molar-refractivity contribution in [2.75, 3.05) is 53.9 Å². The van der Waals surface area contributed by atoms with Crippen molar-refractivity contribution in [2.45, 2.75) is 143 Å². The molecule has 20 heteroatoms. The van der Waals surface area contributed by atoms with Gasteiger partial charge in [-0.2, -0.15) is 0 Å². The van der Waals surface area contributed by atoms with Crippen molar-refractivity contribution in [3.8, 4) is 0 Å². The van der Waals surface area contributed by atoms with E-state index in [0.717, 1.165) is 16.5 Å². The van der Waals surface area contributed by atoms with Gasteiger partial charge < -0.3 is 51.4 Å². The number of nitrogens with zero attached hydrogens (tertiary/aromatic N) is 3. The van der Waals surface area contributed by atoms with E-state index >= 15 is 0 Å². The number of likely N-dealkylation sites (N-methyl/N-ethyl adjacent to an activating group) is 3. The Bertz CT molecular complexity index is 2420. The van der Waals surface area contributed by atoms with Gasteiger partial charge in [-0.1, -0.05) is 70.2 Å². The van der Waals surface area contributed by atoms with Gasteiger partial charge in [0.25, 0.3) is 0 Å². The number of carbonyl (C=O) groups excluding carboxylic acids is 10. The second-order valence-corrected chi connectivity index (χ2v) is 20.3. The van der Waals surface area contributed by atoms with Gasteiger partial charge in [-0.15, -0.1) is 0 Å². The van der Waals surface area contributed by atoms with Crippen LogP contribution in [0.4, 0.5) is 9.59 Å². The minimum atomic E-state index is -0.984. The largest absolute Gasteiger partial charge is 0.445 e. The number of aromatic amines is 1. The Kier molecular flexibility index (Phi) is 27.6. The molecule has 0 radical (unpaired) electrons. The lowest BCUT2D eigenvalue weighted by atomic mass is 9.90. The lowest BCUT2D eigenvalue weighted by Gasteiger charge is -2.23. The molecule has 0 aliphatic rings. The molecule has 418 valence electrons. The van der Waals surface area contributed by atoms with Crippen LogP contribution in [0.5, 0.6) is 0 Å². The van der Waals surface area contributed by atoms with E-state index in [1.165, 1.54) is 16.8 Å². The SMILES string of the molecule is CC(C)NCCCC(=O)[C@H](C)NC(=O)CN(C)C(=O)CCCC(=O)CCCC(=O)C[C@@H](Cc1c[nH]c2ccccc12)C(=O)N[C@@H](CCCNC(N)=O)C(=O)Cc1ccc(COC(=O)N(C)CCN(C)C(=O)C(C)C)cc1. The Hall–Kier alpha value is -6.96. The predicted octanol–water partition coefficient (Wildman–Crippen LogP) is 4.93. The highest BCUT2D eigenvalue weighted by Gasteiger charge is 2.29. The third-order valence-electron chi connectivity index (χ3n) is 13.0. The summed E-state index contributed by atoms with van der Waals surface area (Å²) in [7, 11) is 4.76. The maximum absolute atomic E-state index is 14.3. The number of carbonyl (C=O) groups is 10. The molecule has 1 aromatic heterocycles. The van der Waals surface area contributed by atoms with Crippen molar-refractivity contribution in [1.82, 2.24) is 41.0 Å². The van der Waals surface area contributed by atoms with Crippen LogP contribution in [0, 0.1) is 11.8 Å². The molecule has 76 heavy (non-hydrogen) atoms. The van der Waals surface area contributed by atoms with E-state index in [2.05, 4.69) is 26.3 Å². The summed E-state index contributed by atoms with van der Waals surface area (Å²) >= 11 is 0. The normalized spacial score (nSPS) is 12.3. The van der Waals surface area contributed by atoms with E-state index in [-0.39, 0.29) is 131 Å². The van der Waals surface area contributed by atoms with E-state index in [1.807, 2.05) is 52.0 Å². The Morgan fingerprint density at radius 1 is 0.684 bits per heavy atom. The molecule has 20 nitrogen and oxygen atoms in total. The van der Waals surface area contributed by atoms with E-state index in [4.69, 9.17) is 10.5 Å². The number of nitrogens with two attached hydrogens (primary N) is 1. The summed E-state index contributed by atoms with van der Waals surface area (Å²) in [5, 5.41) is 12.2. The number of H-pyrrole nitrogens is 1. The van der Waals surface area contributed by atoms with Gasteiger partial charge in [0.2, 0.25) is 23.6 Å². The first-order chi connectivity index (χ1) is 36.0. The molecule has 7 amide bonds. The molecule has 0 spiro atoms. The van der Waals surface area contributed by atoms with Crippen LogP contribution in [0.2, 0.25) is 0 Å². The van der Waals surface area contributed by atoms with Gasteiger partial charge in [0.05, 0.1) is 18.6 Å². The first kappa shape index (κ1) is 63.3. The maximum atomic E-state index is 14.3. The monoisotopic (exact) mass is 1060 g/mol. The lowest BCUT2D eigenvalue weighted by molar-refractivity contribution is -0.135. The van der Waals surface area contributed by atoms with Crippen LogP contribution >= 0.6 is 0 Å². The predicted molar refractivity (Wildman–Crippen MR) is 290 cm³/mol. The molecule has 0 fully saturated rings. The molecule has 0 saturated carbocycles. The Labute approximate surface area is 447 Å². The lowest BCUT2D eigenvalue weighted by Crippen LogP contribution is -2.45. The molecule has 0 saturated heterocycles. The zero-order valence-electron chi connectivity index (χ0n) is 45.9. The number of para-hydroxylation sites is 1. The van der Waals surface area contributed by atoms with Gasteiger partial charge in [-0.05, 0) is 74.8 Å². The van der Waals surface area contributed by atoms with Crippen molar-refractivity contribution in [1.29, 1.82) is 0 Å². The van der Waals surface area contributed by atoms with Crippen LogP contribution in [0.3, 0.4) is 0 Å². The van der Waals surface area contributed by atoms with Gasteiger partial charge >= 0.3 is 12.1 Å². The average molecular weight is 1060 g/mol. The molecule has 3 rings (SSSR count). The maximum Gasteiger partial charge on any atom is 0.409 e. The molecular weight excluding hydrogens is 975 g/mol. The van der Waals surface area contributed by atoms with Gasteiger partial charge in [0, 0.05) is 121 Å². The summed E-state index contributed by atoms with van der Waals surface area (Å²) in [6.45, 7) is 10.5. The zero-order valence-corrected chi connectivity index (χ0v) is 45.9. The number of benzene rings is 2. The first-order valence-electron chi connectivity index (χ1n) is 26.5. The number of Topliss-reactive ketones (excluding diaryl/α,β-unsaturated/α-hetero) is 4. The van der Waals surface area contributed by atoms with Crippen molar-refractivity contribution in [2.24, 2.45) is 17.6 Å². The van der Waals surface area contributed by atoms with E-state index in [0.29, 0.717) is 49.5 Å². The molecule has 0 aliphatic heterocycles. The summed E-state index contributed by atoms with van der Waals surface area (Å²) < 4.78 is 5.47. The number of primary amides is 1. The Morgan fingerprint density at radius 2 is 1.33 bits per heavy atom. The van der Waals surface area contributed by atoms with Crippen LogP contribution in [-0.2, 0) is 62.5 Å². The molecule has 3 aromatic rings. The number of aromatic nitrogens is 1. The number of hydrogen-bond acceptors (Lipinski definition) is 12. The van der Waals surface area contributed by atoms with E-state index in [1.54, 1.807) is 56.4 Å². The van der Waals surface area contributed by atoms with Gasteiger partial charge in [-0.3, -0.25) is 38.4 Å². The number of amides is 7. The zero-order chi connectivity index (χ0) is 56.3. The number of rotatable bonds is 36. The fraction of sp³-hybridized carbons (Fsp3) is 0.571. The molecule has 2 aromatic carbocycles. The van der Waals surface area contributed by atoms with Crippen LogP contribution in [0.25, 0.3) is 10.9 Å². The molecule has 3 atom stereocenters. The third-order valence-corrected chi connectivity index (χ3v) is 13.0. The molecule has 0 unspecified atom stereocenters. The van der Waals surface area contributed by atoms with Crippen LogP contribution in [-0.4, -0.2) is 151 Å². The number of nitrogens with one attached hydrogen (secondary N) is 5. The quantitative estimate of drug-likeness (QED) is 0.0423. The molecule has 7 N–H and O–H groups in total. The van der Waals surface area contributed by atoms with Crippen LogP contribution in [0.1, 0.15) is 122 Å². The fourth-order valence-corrected chi connectivity index (χ4v) is 8.37. The highest BCUT2D eigenvalue weighted by Crippen LogP contribution is 2.24. The van der Waals surface area contributed by atoms with E-state index in [9.17, 15) is 47.9 Å². The summed E-state index contributed by atoms with van der Waals surface area (Å²) in [6, 6.07) is 12.4. The fourth-order valence-electron chi connectivity index (χ4n) is 8.37. The first-order valence-corrected chi connectivity index (χ1v) is 26.5. The smallest absolute Gasteiger partial charge is 0.409 e. The second-order valence-electron chi connectivity index (χ2n) is 20.3. The summed E-state index contributed by atoms with van der Waals surface area (Å²) in [6.07, 6.45) is 3.42. The minimum absolute atomic E-state index is 0.0234. The van der Waals surface area contributed by atoms with Crippen LogP contribution < -0.4 is 27.0 Å². The molecule has 0 aliphatic carbocycles. The van der Waals surface area contributed by atoms with Gasteiger partial charge in [-0.25, -0.2) is 9.59 Å². The Morgan fingerprint density at radius 3 is 2.00 bits per heavy atom. The summed E-state index contributed by atoms with van der Waals surface area (Å²) in [5.74, 6) is -3.11. The topological polar surface area (TPSA) is 280 Å². The van der Waals surface area contributed by atoms with Crippen molar-refractivity contribution in [3.05, 3.63) is 71.4 Å². The summed E-state index contributed by atoms with van der Waals surface area (Å²) in [5.41, 5.74) is 8.26. The highest BCUT2D eigenvalue weighted by atomic mass is 16.6. The molecule has 1 heterocycles. The van der Waals surface area contributed by atoms with Crippen molar-refractivity contribution >= 4 is 69.8 Å². The number of ketones is 4. The Balaban J connectivity index is 1.58. The van der Waals surface area contributed by atoms with Gasteiger partial charge in [0.15, 0.2) is 11.6 Å². The van der Waals surface area contributed by atoms with E-state index < -0.39 is 41.9 Å². The summed E-state index contributed by atoms with van der Waals surface area (Å²) in [4.78, 5) is 136. The van der Waals surface area contributed by atoms with Crippen molar-refractivity contribution in [3.63, 3.8) is 0 Å². The molecule has 0 bridgehead atoms. The van der Waals surface area contributed by atoms with Crippen LogP contribution in [0.15, 0.2) is 54.7 Å². The number of ether oxygens (including phenoxy) is 1. The number of fused-ring (bicyclic) bond motifs is 1. The third kappa shape index (κ3) is 23.7. The van der Waals surface area contributed by atoms with Crippen molar-refractivity contribution < 1.29 is 52.7 Å². The minimum Gasteiger partial charge on any atom is -0.445 e. The standard InChI is InChI=1S/C56H83N9O11/c1-37(2)54(73)63(6)29-30-64(7)56(75)76-36-41-25-23-40(24-26-41)31-50(69)48(20-13-28-59-55(57)74)62-53(72)42(32-43-34-60-47-19-10-9-18-46(43)47)33-45(67)17-11-15-44(66)16-12-22-52(71)65(8)35-51(70)61-39(5)49(68)21-14-27-58-38(3)4/h9-10,18-19,23-26,34,37-39,42,48,58,60H,11-17,20-22,27-33,35-36H2,1-8H3,(H,61,70)(H,62,72)(H3,57,59,74)/t39-,42+,48-/m0/s1. The number of hydrogen-bond donors (Lipinski definition) is 6.